The van der Waals surface area contributed by atoms with Crippen LogP contribution in [0.5, 0.6) is 0 Å². The maximum Gasteiger partial charge on any atom is 0.333 e. The second-order valence-corrected chi connectivity index (χ2v) is 5.76. The molecular formula is C21H20N2O3. The van der Waals surface area contributed by atoms with Gasteiger partial charge in [-0.3, -0.25) is 4.79 Å². The van der Waals surface area contributed by atoms with E-state index in [2.05, 4.69) is 16.7 Å². The SMILES string of the molecule is [C-]#[N+]c1ccc(-c2ccc(C(=O)NCCCOC(=O)C(=C)C)cc2)cc1. The van der Waals surface area contributed by atoms with E-state index < -0.39 is 5.97 Å². The highest BCUT2D eigenvalue weighted by atomic mass is 16.5. The first-order valence-corrected chi connectivity index (χ1v) is 8.20. The number of ether oxygens (including phenoxy) is 1. The minimum absolute atomic E-state index is 0.175. The molecule has 5 heteroatoms. The van der Waals surface area contributed by atoms with Gasteiger partial charge in [0, 0.05) is 17.7 Å². The van der Waals surface area contributed by atoms with Gasteiger partial charge in [0.1, 0.15) is 0 Å². The summed E-state index contributed by atoms with van der Waals surface area (Å²) < 4.78 is 4.96. The lowest BCUT2D eigenvalue weighted by Crippen LogP contribution is -2.25. The van der Waals surface area contributed by atoms with Gasteiger partial charge in [-0.05, 0) is 36.6 Å². The quantitative estimate of drug-likeness (QED) is 0.354. The van der Waals surface area contributed by atoms with E-state index in [9.17, 15) is 9.59 Å². The van der Waals surface area contributed by atoms with Crippen molar-refractivity contribution in [2.45, 2.75) is 13.3 Å². The summed E-state index contributed by atoms with van der Waals surface area (Å²) in [6.45, 7) is 12.7. The molecule has 2 aromatic carbocycles. The number of hydrogen-bond acceptors (Lipinski definition) is 3. The van der Waals surface area contributed by atoms with Crippen LogP contribution in [0.25, 0.3) is 16.0 Å². The Morgan fingerprint density at radius 2 is 1.65 bits per heavy atom. The zero-order valence-electron chi connectivity index (χ0n) is 14.6. The summed E-state index contributed by atoms with van der Waals surface area (Å²) in [6, 6.07) is 14.6. The second-order valence-electron chi connectivity index (χ2n) is 5.76. The molecule has 1 amide bonds. The monoisotopic (exact) mass is 348 g/mol. The number of benzene rings is 2. The van der Waals surface area contributed by atoms with E-state index in [0.29, 0.717) is 29.8 Å². The third kappa shape index (κ3) is 5.32. The molecule has 0 saturated carbocycles. The highest BCUT2D eigenvalue weighted by Gasteiger charge is 2.06. The molecule has 1 N–H and O–H groups in total. The summed E-state index contributed by atoms with van der Waals surface area (Å²) in [4.78, 5) is 26.7. The van der Waals surface area contributed by atoms with E-state index in [1.807, 2.05) is 24.3 Å². The number of nitrogens with one attached hydrogen (secondary N) is 1. The number of rotatable bonds is 7. The fourth-order valence-electron chi connectivity index (χ4n) is 2.21. The summed E-state index contributed by atoms with van der Waals surface area (Å²) in [5.41, 5.74) is 3.48. The van der Waals surface area contributed by atoms with Crippen LogP contribution in [0.2, 0.25) is 0 Å². The van der Waals surface area contributed by atoms with Crippen molar-refractivity contribution in [2.75, 3.05) is 13.2 Å². The molecule has 0 saturated heterocycles. The van der Waals surface area contributed by atoms with E-state index in [4.69, 9.17) is 11.3 Å². The molecule has 0 fully saturated rings. The largest absolute Gasteiger partial charge is 0.462 e. The number of carbonyl (C=O) groups is 2. The molecule has 0 unspecified atom stereocenters. The predicted molar refractivity (Wildman–Crippen MR) is 101 cm³/mol. The van der Waals surface area contributed by atoms with Gasteiger partial charge < -0.3 is 10.1 Å². The molecule has 26 heavy (non-hydrogen) atoms. The van der Waals surface area contributed by atoms with Crippen LogP contribution >= 0.6 is 0 Å². The smallest absolute Gasteiger partial charge is 0.333 e. The van der Waals surface area contributed by atoms with Crippen molar-refractivity contribution < 1.29 is 14.3 Å². The van der Waals surface area contributed by atoms with E-state index >= 15 is 0 Å². The highest BCUT2D eigenvalue weighted by molar-refractivity contribution is 5.94. The van der Waals surface area contributed by atoms with Crippen molar-refractivity contribution in [1.29, 1.82) is 0 Å². The average Bonchev–Trinajstić information content (AvgIpc) is 2.67. The average molecular weight is 348 g/mol. The van der Waals surface area contributed by atoms with Crippen LogP contribution in [0.4, 0.5) is 5.69 Å². The number of carbonyl (C=O) groups excluding carboxylic acids is 2. The van der Waals surface area contributed by atoms with Crippen molar-refractivity contribution in [3.63, 3.8) is 0 Å². The molecule has 0 aliphatic heterocycles. The Balaban J connectivity index is 1.83. The molecule has 0 radical (unpaired) electrons. The van der Waals surface area contributed by atoms with E-state index in [-0.39, 0.29) is 12.5 Å². The summed E-state index contributed by atoms with van der Waals surface area (Å²) in [5.74, 6) is -0.595. The normalized spacial score (nSPS) is 9.85. The molecule has 132 valence electrons. The topological polar surface area (TPSA) is 59.8 Å². The van der Waals surface area contributed by atoms with Crippen molar-refractivity contribution >= 4 is 17.6 Å². The minimum Gasteiger partial charge on any atom is -0.462 e. The van der Waals surface area contributed by atoms with E-state index in [1.54, 1.807) is 31.2 Å². The van der Waals surface area contributed by atoms with Crippen LogP contribution in [0.15, 0.2) is 60.7 Å². The summed E-state index contributed by atoms with van der Waals surface area (Å²) in [7, 11) is 0. The van der Waals surface area contributed by atoms with E-state index in [1.165, 1.54) is 0 Å². The van der Waals surface area contributed by atoms with Gasteiger partial charge in [-0.25, -0.2) is 9.64 Å². The van der Waals surface area contributed by atoms with Gasteiger partial charge in [-0.1, -0.05) is 43.0 Å². The Morgan fingerprint density at radius 1 is 1.08 bits per heavy atom. The van der Waals surface area contributed by atoms with Gasteiger partial charge in [-0.2, -0.15) is 0 Å². The van der Waals surface area contributed by atoms with Gasteiger partial charge in [0.05, 0.1) is 13.2 Å². The lowest BCUT2D eigenvalue weighted by Gasteiger charge is -2.07. The highest BCUT2D eigenvalue weighted by Crippen LogP contribution is 2.23. The van der Waals surface area contributed by atoms with E-state index in [0.717, 1.165) is 11.1 Å². The van der Waals surface area contributed by atoms with Gasteiger partial charge >= 0.3 is 5.97 Å². The first-order valence-electron chi connectivity index (χ1n) is 8.20. The zero-order chi connectivity index (χ0) is 18.9. The Kier molecular flexibility index (Phi) is 6.69. The van der Waals surface area contributed by atoms with Gasteiger partial charge in [0.25, 0.3) is 5.91 Å². The molecule has 2 aromatic rings. The summed E-state index contributed by atoms with van der Waals surface area (Å²) in [6.07, 6.45) is 0.538. The molecule has 0 aliphatic rings. The lowest BCUT2D eigenvalue weighted by atomic mass is 10.0. The first kappa shape index (κ1) is 18.9. The Morgan fingerprint density at radius 3 is 2.19 bits per heavy atom. The molecule has 0 atom stereocenters. The van der Waals surface area contributed by atoms with Crippen LogP contribution in [0.3, 0.4) is 0 Å². The second kappa shape index (κ2) is 9.19. The summed E-state index contributed by atoms with van der Waals surface area (Å²) in [5, 5.41) is 2.79. The number of esters is 1. The van der Waals surface area contributed by atoms with Gasteiger partial charge in [0.15, 0.2) is 5.69 Å². The van der Waals surface area contributed by atoms with Crippen molar-refractivity contribution in [1.82, 2.24) is 5.32 Å². The minimum atomic E-state index is -0.420. The number of hydrogen-bond donors (Lipinski definition) is 1. The number of amides is 1. The molecule has 0 aliphatic carbocycles. The standard InChI is InChI=1S/C21H20N2O3/c1-15(2)21(25)26-14-4-13-23-20(24)18-7-5-16(6-8-18)17-9-11-19(22-3)12-10-17/h5-12H,1,4,13-14H2,2H3,(H,23,24). The number of nitrogens with zero attached hydrogens (tertiary/aromatic N) is 1. The van der Waals surface area contributed by atoms with Gasteiger partial charge in [-0.15, -0.1) is 0 Å². The third-order valence-corrected chi connectivity index (χ3v) is 3.67. The van der Waals surface area contributed by atoms with Crippen molar-refractivity contribution in [3.05, 3.63) is 77.7 Å². The van der Waals surface area contributed by atoms with Crippen LogP contribution in [0, 0.1) is 6.57 Å². The molecule has 0 aromatic heterocycles. The van der Waals surface area contributed by atoms with Crippen LogP contribution in [-0.4, -0.2) is 25.0 Å². The van der Waals surface area contributed by atoms with Crippen molar-refractivity contribution in [2.24, 2.45) is 0 Å². The molecule has 2 rings (SSSR count). The van der Waals surface area contributed by atoms with Gasteiger partial charge in [0.2, 0.25) is 0 Å². The molecule has 0 heterocycles. The fraction of sp³-hybridized carbons (Fsp3) is 0.190. The predicted octanol–water partition coefficient (Wildman–Crippen LogP) is 4.14. The fourth-order valence-corrected chi connectivity index (χ4v) is 2.21. The molecular weight excluding hydrogens is 328 g/mol. The van der Waals surface area contributed by atoms with Crippen LogP contribution in [0.1, 0.15) is 23.7 Å². The molecule has 0 spiro atoms. The Bertz CT molecular complexity index is 831. The molecule has 0 bridgehead atoms. The Hall–Kier alpha value is -3.39. The maximum atomic E-state index is 12.1. The lowest BCUT2D eigenvalue weighted by molar-refractivity contribution is -0.138. The van der Waals surface area contributed by atoms with Crippen LogP contribution < -0.4 is 5.32 Å². The third-order valence-electron chi connectivity index (χ3n) is 3.67. The Labute approximate surface area is 153 Å². The zero-order valence-corrected chi connectivity index (χ0v) is 14.6. The first-order chi connectivity index (χ1) is 12.5. The van der Waals surface area contributed by atoms with Crippen LogP contribution in [-0.2, 0) is 9.53 Å². The summed E-state index contributed by atoms with van der Waals surface area (Å²) >= 11 is 0. The maximum absolute atomic E-state index is 12.1. The molecule has 5 nitrogen and oxygen atoms in total. The van der Waals surface area contributed by atoms with Crippen molar-refractivity contribution in [3.8, 4) is 11.1 Å².